The summed E-state index contributed by atoms with van der Waals surface area (Å²) in [5.74, 6) is 0. The zero-order chi connectivity index (χ0) is 24.2. The molecule has 3 aromatic carbocycles. The Morgan fingerprint density at radius 2 is 1.52 bits per heavy atom. The van der Waals surface area contributed by atoms with Crippen molar-refractivity contribution in [3.8, 4) is 22.4 Å². The zero-order valence-corrected chi connectivity index (χ0v) is 19.4. The van der Waals surface area contributed by atoms with Crippen molar-refractivity contribution in [1.82, 2.24) is 0 Å². The van der Waals surface area contributed by atoms with Crippen LogP contribution in [0.4, 0.5) is 5.69 Å². The number of fused-ring (bicyclic) bond motifs is 3. The van der Waals surface area contributed by atoms with E-state index in [-0.39, 0.29) is 14.5 Å². The average molecular weight is 469 g/mol. The Hall–Kier alpha value is -3.18. The second kappa shape index (κ2) is 7.50. The van der Waals surface area contributed by atoms with Gasteiger partial charge in [-0.15, -0.1) is 0 Å². The van der Waals surface area contributed by atoms with Gasteiger partial charge >= 0.3 is 193 Å². The number of aromatic nitrogens is 1. The topological polar surface area (TPSA) is 8.24 Å². The van der Waals surface area contributed by atoms with E-state index in [9.17, 15) is 0 Å². The molecule has 2 heterocycles. The van der Waals surface area contributed by atoms with E-state index in [0.717, 1.165) is 28.1 Å². The Balaban J connectivity index is 1.87. The zero-order valence-electron chi connectivity index (χ0n) is 20.7. The molecule has 0 aliphatic carbocycles. The summed E-state index contributed by atoms with van der Waals surface area (Å²) in [6.45, 7) is 9.62. The fourth-order valence-electron chi connectivity index (χ4n) is 4.29. The van der Waals surface area contributed by atoms with Gasteiger partial charge in [0.2, 0.25) is 0 Å². The van der Waals surface area contributed by atoms with E-state index in [4.69, 9.17) is 10.7 Å². The number of rotatable bonds is 2. The molecule has 2 nitrogen and oxygen atoms in total. The van der Waals surface area contributed by atoms with Crippen molar-refractivity contribution in [2.24, 2.45) is 7.05 Å². The molecular formula is C28H23N2Se+. The Bertz CT molecular complexity index is 1620. The monoisotopic (exact) mass is 470 g/mol. The van der Waals surface area contributed by atoms with Gasteiger partial charge < -0.3 is 0 Å². The summed E-state index contributed by atoms with van der Waals surface area (Å²) in [6, 6.07) is 22.2. The first kappa shape index (κ1) is 16.5. The van der Waals surface area contributed by atoms with Gasteiger partial charge in [-0.25, -0.2) is 0 Å². The third-order valence-corrected chi connectivity index (χ3v) is 8.73. The van der Waals surface area contributed by atoms with Gasteiger partial charge in [-0.2, -0.15) is 0 Å². The molecule has 5 rings (SSSR count). The second-order valence-electron chi connectivity index (χ2n) is 7.83. The van der Waals surface area contributed by atoms with Crippen LogP contribution in [0.15, 0.2) is 66.7 Å². The molecule has 0 radical (unpaired) electrons. The molecule has 0 amide bonds. The summed E-state index contributed by atoms with van der Waals surface area (Å²) in [5.41, 5.74) is 7.26. The number of nitrogens with zero attached hydrogens (tertiary/aromatic N) is 2. The molecule has 0 fully saturated rings. The van der Waals surface area contributed by atoms with Crippen LogP contribution in [-0.4, -0.2) is 14.5 Å². The SMILES string of the molecule is [2H]C([2H])([2H])c1ccc(-c2c(C)ccc3c2[se]c2c(-c4ccccc4)c([N+]#[C-])ccc23)[n+](C)c1C. The van der Waals surface area contributed by atoms with Crippen LogP contribution >= 0.6 is 0 Å². The van der Waals surface area contributed by atoms with E-state index in [1.807, 2.05) is 48.9 Å². The van der Waals surface area contributed by atoms with Gasteiger partial charge in [-0.05, 0) is 0 Å². The van der Waals surface area contributed by atoms with Crippen LogP contribution in [0.2, 0.25) is 0 Å². The number of benzene rings is 3. The molecule has 0 atom stereocenters. The van der Waals surface area contributed by atoms with Crippen molar-refractivity contribution in [3.05, 3.63) is 95.0 Å². The minimum atomic E-state index is -2.14. The molecule has 0 aliphatic rings. The van der Waals surface area contributed by atoms with Crippen molar-refractivity contribution in [1.29, 1.82) is 0 Å². The van der Waals surface area contributed by atoms with Crippen LogP contribution < -0.4 is 4.57 Å². The second-order valence-corrected chi connectivity index (χ2v) is 9.97. The van der Waals surface area contributed by atoms with Crippen molar-refractivity contribution in [2.75, 3.05) is 0 Å². The summed E-state index contributed by atoms with van der Waals surface area (Å²) >= 11 is 0.00149. The Morgan fingerprint density at radius 3 is 2.23 bits per heavy atom. The molecule has 3 heteroatoms. The predicted molar refractivity (Wildman–Crippen MR) is 131 cm³/mol. The Morgan fingerprint density at radius 1 is 0.839 bits per heavy atom. The van der Waals surface area contributed by atoms with Gasteiger partial charge in [0, 0.05) is 0 Å². The fraction of sp³-hybridized carbons (Fsp3) is 0.143. The van der Waals surface area contributed by atoms with E-state index >= 15 is 0 Å². The third kappa shape index (κ3) is 3.03. The van der Waals surface area contributed by atoms with Crippen molar-refractivity contribution in [3.63, 3.8) is 0 Å². The summed E-state index contributed by atoms with van der Waals surface area (Å²) in [5, 5.41) is 2.41. The summed E-state index contributed by atoms with van der Waals surface area (Å²) in [7, 11) is 1.94. The van der Waals surface area contributed by atoms with E-state index in [1.165, 1.54) is 24.9 Å². The summed E-state index contributed by atoms with van der Waals surface area (Å²) in [6.07, 6.45) is 0. The first-order chi connectivity index (χ1) is 16.2. The van der Waals surface area contributed by atoms with E-state index in [1.54, 1.807) is 6.07 Å². The van der Waals surface area contributed by atoms with Gasteiger partial charge in [0.1, 0.15) is 0 Å². The minimum absolute atomic E-state index is 0.00149. The first-order valence-electron chi connectivity index (χ1n) is 11.6. The molecule has 0 spiro atoms. The van der Waals surface area contributed by atoms with Crippen LogP contribution in [0.1, 0.15) is 20.9 Å². The molecule has 0 bridgehead atoms. The van der Waals surface area contributed by atoms with Gasteiger partial charge in [-0.1, -0.05) is 0 Å². The van der Waals surface area contributed by atoms with E-state index < -0.39 is 6.85 Å². The summed E-state index contributed by atoms with van der Waals surface area (Å²) in [4.78, 5) is 3.85. The predicted octanol–water partition coefficient (Wildman–Crippen LogP) is 6.68. The first-order valence-corrected chi connectivity index (χ1v) is 11.9. The van der Waals surface area contributed by atoms with Crippen LogP contribution in [0, 0.1) is 27.3 Å². The molecule has 0 N–H and O–H groups in total. The maximum atomic E-state index is 7.88. The molecule has 150 valence electrons. The van der Waals surface area contributed by atoms with Gasteiger partial charge in [0.15, 0.2) is 0 Å². The van der Waals surface area contributed by atoms with Gasteiger partial charge in [0.05, 0.1) is 0 Å². The van der Waals surface area contributed by atoms with Crippen molar-refractivity contribution in [2.45, 2.75) is 20.7 Å². The molecule has 31 heavy (non-hydrogen) atoms. The van der Waals surface area contributed by atoms with Crippen LogP contribution in [0.3, 0.4) is 0 Å². The Kier molecular flexibility index (Phi) is 3.99. The third-order valence-electron chi connectivity index (χ3n) is 6.10. The molecule has 0 saturated heterocycles. The molecular weight excluding hydrogens is 443 g/mol. The average Bonchev–Trinajstić information content (AvgIpc) is 3.18. The van der Waals surface area contributed by atoms with Crippen LogP contribution in [-0.2, 0) is 7.05 Å². The fourth-order valence-corrected chi connectivity index (χ4v) is 7.38. The number of aryl methyl sites for hydroxylation is 2. The van der Waals surface area contributed by atoms with E-state index in [0.29, 0.717) is 11.3 Å². The normalized spacial score (nSPS) is 13.0. The molecule has 5 aromatic rings. The molecule has 0 unspecified atom stereocenters. The summed E-state index contributed by atoms with van der Waals surface area (Å²) < 4.78 is 28.2. The van der Waals surface area contributed by atoms with E-state index in [2.05, 4.69) is 42.1 Å². The van der Waals surface area contributed by atoms with Gasteiger partial charge in [0.25, 0.3) is 0 Å². The standard InChI is InChI=1S/C28H23N2Se/c1-17-12-16-24(30(5)19(17)3)25-18(2)11-13-21-22-14-15-23(29-4)26(28(22)31-27(21)25)20-9-7-6-8-10-20/h6-16H,1-3,5H3/q+1/i1D3. The molecule has 2 aromatic heterocycles. The quantitative estimate of drug-likeness (QED) is 0.155. The number of hydrogen-bond donors (Lipinski definition) is 0. The van der Waals surface area contributed by atoms with Crippen molar-refractivity contribution >= 4 is 39.5 Å². The Labute approximate surface area is 193 Å². The molecule has 0 aliphatic heterocycles. The molecule has 0 saturated carbocycles. The maximum absolute atomic E-state index is 7.88. The number of pyridine rings is 1. The van der Waals surface area contributed by atoms with Crippen molar-refractivity contribution < 1.29 is 8.68 Å². The van der Waals surface area contributed by atoms with Gasteiger partial charge in [-0.3, -0.25) is 0 Å². The number of hydrogen-bond acceptors (Lipinski definition) is 0. The van der Waals surface area contributed by atoms with Crippen LogP contribution in [0.5, 0.6) is 0 Å². The van der Waals surface area contributed by atoms with Crippen LogP contribution in [0.25, 0.3) is 46.5 Å².